The molecule has 2 atom stereocenters. The van der Waals surface area contributed by atoms with Crippen LogP contribution in [0.4, 0.5) is 0 Å². The van der Waals surface area contributed by atoms with Gasteiger partial charge in [-0.2, -0.15) is 0 Å². The number of rotatable bonds is 2. The van der Waals surface area contributed by atoms with E-state index in [4.69, 9.17) is 6.42 Å². The van der Waals surface area contributed by atoms with Crippen molar-refractivity contribution in [2.45, 2.75) is 31.9 Å². The molecule has 0 saturated heterocycles. The molecule has 4 heteroatoms. The molecule has 0 aromatic rings. The fourth-order valence-electron chi connectivity index (χ4n) is 1.10. The molecule has 1 aliphatic heterocycles. The molecular weight excluding hydrogens is 178 g/mol. The summed E-state index contributed by atoms with van der Waals surface area (Å²) in [6.07, 6.45) is 5.85. The summed E-state index contributed by atoms with van der Waals surface area (Å²) < 4.78 is 0. The van der Waals surface area contributed by atoms with E-state index in [0.717, 1.165) is 6.42 Å². The third-order valence-corrected chi connectivity index (χ3v) is 2.39. The Bertz CT molecular complexity index is 269. The van der Waals surface area contributed by atoms with Crippen LogP contribution in [0.15, 0.2) is 4.99 Å². The lowest BCUT2D eigenvalue weighted by Gasteiger charge is -2.28. The van der Waals surface area contributed by atoms with Gasteiger partial charge in [-0.1, -0.05) is 12.8 Å². The molecule has 14 heavy (non-hydrogen) atoms. The predicted molar refractivity (Wildman–Crippen MR) is 57.0 cm³/mol. The summed E-state index contributed by atoms with van der Waals surface area (Å²) >= 11 is 0. The summed E-state index contributed by atoms with van der Waals surface area (Å²) in [5.41, 5.74) is -0.367. The Labute approximate surface area is 84.8 Å². The van der Waals surface area contributed by atoms with Gasteiger partial charge in [0.05, 0.1) is 18.2 Å². The first-order valence-corrected chi connectivity index (χ1v) is 4.82. The van der Waals surface area contributed by atoms with Gasteiger partial charge in [-0.05, 0) is 13.3 Å². The second-order valence-electron chi connectivity index (χ2n) is 3.68. The van der Waals surface area contributed by atoms with Crippen LogP contribution in [-0.2, 0) is 0 Å². The Morgan fingerprint density at radius 3 is 3.00 bits per heavy atom. The molecule has 0 aliphatic carbocycles. The van der Waals surface area contributed by atoms with Gasteiger partial charge >= 0.3 is 0 Å². The van der Waals surface area contributed by atoms with Gasteiger partial charge in [0.15, 0.2) is 5.96 Å². The summed E-state index contributed by atoms with van der Waals surface area (Å²) in [4.78, 5) is 4.14. The SMILES string of the molecule is C#CC(C)(CC)NC1=NCC(O)CN1. The van der Waals surface area contributed by atoms with Crippen molar-refractivity contribution in [2.24, 2.45) is 4.99 Å². The zero-order chi connectivity index (χ0) is 10.6. The number of aliphatic hydroxyl groups excluding tert-OH is 1. The van der Waals surface area contributed by atoms with Gasteiger partial charge in [-0.15, -0.1) is 6.42 Å². The molecule has 0 bridgehead atoms. The highest BCUT2D eigenvalue weighted by Crippen LogP contribution is 2.07. The quantitative estimate of drug-likeness (QED) is 0.530. The van der Waals surface area contributed by atoms with E-state index in [9.17, 15) is 5.11 Å². The number of nitrogens with one attached hydrogen (secondary N) is 2. The van der Waals surface area contributed by atoms with Gasteiger partial charge in [0.2, 0.25) is 0 Å². The van der Waals surface area contributed by atoms with Crippen molar-refractivity contribution in [3.63, 3.8) is 0 Å². The molecule has 1 rings (SSSR count). The van der Waals surface area contributed by atoms with Gasteiger partial charge < -0.3 is 15.7 Å². The zero-order valence-corrected chi connectivity index (χ0v) is 8.67. The second-order valence-corrected chi connectivity index (χ2v) is 3.68. The molecule has 1 aliphatic rings. The van der Waals surface area contributed by atoms with E-state index >= 15 is 0 Å². The first-order valence-electron chi connectivity index (χ1n) is 4.82. The largest absolute Gasteiger partial charge is 0.389 e. The first-order chi connectivity index (χ1) is 6.59. The van der Waals surface area contributed by atoms with Crippen LogP contribution in [0, 0.1) is 12.3 Å². The minimum absolute atomic E-state index is 0.367. The molecule has 2 unspecified atom stereocenters. The van der Waals surface area contributed by atoms with Crippen LogP contribution in [0.25, 0.3) is 0 Å². The lowest BCUT2D eigenvalue weighted by Crippen LogP contribution is -2.53. The van der Waals surface area contributed by atoms with E-state index in [1.165, 1.54) is 0 Å². The number of nitrogens with zero attached hydrogens (tertiary/aromatic N) is 1. The second kappa shape index (κ2) is 4.34. The van der Waals surface area contributed by atoms with Gasteiger partial charge in [-0.3, -0.25) is 4.99 Å². The molecule has 0 aromatic heterocycles. The number of aliphatic hydroxyl groups is 1. The van der Waals surface area contributed by atoms with Crippen LogP contribution >= 0.6 is 0 Å². The van der Waals surface area contributed by atoms with Gasteiger partial charge in [0.25, 0.3) is 0 Å². The molecule has 78 valence electrons. The molecule has 0 spiro atoms. The maximum Gasteiger partial charge on any atom is 0.192 e. The molecule has 3 N–H and O–H groups in total. The number of guanidine groups is 1. The average Bonchev–Trinajstić information content (AvgIpc) is 2.21. The Hall–Kier alpha value is -1.21. The maximum atomic E-state index is 9.20. The fraction of sp³-hybridized carbons (Fsp3) is 0.700. The average molecular weight is 195 g/mol. The van der Waals surface area contributed by atoms with E-state index in [-0.39, 0.29) is 11.6 Å². The van der Waals surface area contributed by atoms with Gasteiger partial charge in [0, 0.05) is 6.54 Å². The third kappa shape index (κ3) is 2.64. The molecule has 0 fully saturated rings. The molecule has 0 aromatic carbocycles. The smallest absolute Gasteiger partial charge is 0.192 e. The van der Waals surface area contributed by atoms with Crippen LogP contribution < -0.4 is 10.6 Å². The van der Waals surface area contributed by atoms with Crippen molar-refractivity contribution < 1.29 is 5.11 Å². The van der Waals surface area contributed by atoms with Crippen molar-refractivity contribution in [2.75, 3.05) is 13.1 Å². The summed E-state index contributed by atoms with van der Waals surface area (Å²) in [5.74, 6) is 3.37. The van der Waals surface area contributed by atoms with Crippen LogP contribution in [0.5, 0.6) is 0 Å². The summed E-state index contributed by atoms with van der Waals surface area (Å²) in [7, 11) is 0. The molecule has 0 saturated carbocycles. The fourth-order valence-corrected chi connectivity index (χ4v) is 1.10. The minimum atomic E-state index is -0.390. The summed E-state index contributed by atoms with van der Waals surface area (Å²) in [5, 5.41) is 15.3. The van der Waals surface area contributed by atoms with Crippen LogP contribution in [0.1, 0.15) is 20.3 Å². The first kappa shape index (κ1) is 10.9. The van der Waals surface area contributed by atoms with Crippen molar-refractivity contribution in [3.05, 3.63) is 0 Å². The summed E-state index contributed by atoms with van der Waals surface area (Å²) in [6.45, 7) is 4.92. The molecule has 4 nitrogen and oxygen atoms in total. The lowest BCUT2D eigenvalue weighted by atomic mass is 10.0. The zero-order valence-electron chi connectivity index (χ0n) is 8.67. The van der Waals surface area contributed by atoms with Crippen molar-refractivity contribution in [1.29, 1.82) is 0 Å². The minimum Gasteiger partial charge on any atom is -0.389 e. The number of hydrogen-bond donors (Lipinski definition) is 3. The van der Waals surface area contributed by atoms with Crippen molar-refractivity contribution >= 4 is 5.96 Å². The highest BCUT2D eigenvalue weighted by molar-refractivity contribution is 5.81. The monoisotopic (exact) mass is 195 g/mol. The molecule has 0 radical (unpaired) electrons. The molecular formula is C10H17N3O. The topological polar surface area (TPSA) is 56.7 Å². The lowest BCUT2D eigenvalue weighted by molar-refractivity contribution is 0.180. The Kier molecular flexibility index (Phi) is 3.37. The third-order valence-electron chi connectivity index (χ3n) is 2.39. The van der Waals surface area contributed by atoms with Crippen molar-refractivity contribution in [3.8, 4) is 12.3 Å². The highest BCUT2D eigenvalue weighted by Gasteiger charge is 2.21. The van der Waals surface area contributed by atoms with Crippen LogP contribution in [0.2, 0.25) is 0 Å². The summed E-state index contributed by atoms with van der Waals surface area (Å²) in [6, 6.07) is 0. The van der Waals surface area contributed by atoms with Gasteiger partial charge in [-0.25, -0.2) is 0 Å². The number of β-amino-alcohol motifs (C(OH)–C–C–N with tert-alkyl or cyclic N) is 1. The number of terminal acetylenes is 1. The van der Waals surface area contributed by atoms with E-state index in [1.807, 2.05) is 13.8 Å². The predicted octanol–water partition coefficient (Wildman–Crippen LogP) is -0.302. The molecule has 1 heterocycles. The number of hydrogen-bond acceptors (Lipinski definition) is 4. The Morgan fingerprint density at radius 2 is 2.57 bits per heavy atom. The van der Waals surface area contributed by atoms with Crippen LogP contribution in [0.3, 0.4) is 0 Å². The molecule has 0 amide bonds. The maximum absolute atomic E-state index is 9.20. The number of aliphatic imine (C=N–C) groups is 1. The van der Waals surface area contributed by atoms with Gasteiger partial charge in [0.1, 0.15) is 0 Å². The normalized spacial score (nSPS) is 25.3. The van der Waals surface area contributed by atoms with Crippen LogP contribution in [-0.4, -0.2) is 35.8 Å². The van der Waals surface area contributed by atoms with Crippen molar-refractivity contribution in [1.82, 2.24) is 10.6 Å². The highest BCUT2D eigenvalue weighted by atomic mass is 16.3. The Balaban J connectivity index is 2.57. The van der Waals surface area contributed by atoms with E-state index in [0.29, 0.717) is 19.0 Å². The standard InChI is InChI=1S/C10H17N3O/c1-4-10(3,5-2)13-9-11-6-8(14)7-12-9/h1,8,14H,5-7H2,2-3H3,(H2,11,12,13). The van der Waals surface area contributed by atoms with E-state index in [1.54, 1.807) is 0 Å². The Morgan fingerprint density at radius 1 is 1.86 bits per heavy atom. The van der Waals surface area contributed by atoms with E-state index < -0.39 is 0 Å². The van der Waals surface area contributed by atoms with E-state index in [2.05, 4.69) is 21.5 Å².